The van der Waals surface area contributed by atoms with Gasteiger partial charge in [0.15, 0.2) is 11.6 Å². The van der Waals surface area contributed by atoms with Gasteiger partial charge in [-0.3, -0.25) is 9.59 Å². The lowest BCUT2D eigenvalue weighted by Crippen LogP contribution is -2.55. The van der Waals surface area contributed by atoms with E-state index in [1.54, 1.807) is 0 Å². The third-order valence-corrected chi connectivity index (χ3v) is 8.61. The van der Waals surface area contributed by atoms with Gasteiger partial charge in [0, 0.05) is 17.8 Å². The fourth-order valence-electron chi connectivity index (χ4n) is 7.25. The van der Waals surface area contributed by atoms with Gasteiger partial charge in [0.05, 0.1) is 6.10 Å². The molecule has 7 atom stereocenters. The molecule has 4 nitrogen and oxygen atoms in total. The molecule has 0 spiro atoms. The van der Waals surface area contributed by atoms with Crippen LogP contribution in [0.4, 0.5) is 0 Å². The second-order valence-corrected chi connectivity index (χ2v) is 9.35. The molecule has 3 saturated carbocycles. The molecule has 0 radical (unpaired) electrons. The molecular weight excluding hydrogens is 316 g/mol. The average Bonchev–Trinajstić information content (AvgIpc) is 2.93. The molecule has 0 bridgehead atoms. The molecule has 0 saturated heterocycles. The highest BCUT2D eigenvalue weighted by atomic mass is 16.3. The minimum atomic E-state index is -0.576. The summed E-state index contributed by atoms with van der Waals surface area (Å²) < 4.78 is 0. The van der Waals surface area contributed by atoms with Gasteiger partial charge in [0.2, 0.25) is 0 Å². The van der Waals surface area contributed by atoms with Gasteiger partial charge in [-0.1, -0.05) is 19.4 Å². The Morgan fingerprint density at radius 2 is 1.96 bits per heavy atom. The number of hydrogen-bond donors (Lipinski definition) is 2. The van der Waals surface area contributed by atoms with E-state index in [4.69, 9.17) is 0 Å². The third-order valence-electron chi connectivity index (χ3n) is 8.61. The molecule has 2 N–H and O–H groups in total. The van der Waals surface area contributed by atoms with Crippen LogP contribution < -0.4 is 0 Å². The SMILES string of the molecule is CC12CCC3C(CCC4=CC(=O)CC(O)C43C)C1CCC2C(=O)CO. The average molecular weight is 346 g/mol. The van der Waals surface area contributed by atoms with E-state index in [0.29, 0.717) is 17.8 Å². The summed E-state index contributed by atoms with van der Waals surface area (Å²) in [7, 11) is 0. The Labute approximate surface area is 149 Å². The van der Waals surface area contributed by atoms with Crippen LogP contribution >= 0.6 is 0 Å². The first-order chi connectivity index (χ1) is 11.8. The van der Waals surface area contributed by atoms with Gasteiger partial charge >= 0.3 is 0 Å². The lowest BCUT2D eigenvalue weighted by molar-refractivity contribution is -0.137. The van der Waals surface area contributed by atoms with Gasteiger partial charge in [-0.25, -0.2) is 0 Å². The molecular formula is C21H30O4. The van der Waals surface area contributed by atoms with Crippen LogP contribution in [0.3, 0.4) is 0 Å². The number of carbonyl (C=O) groups excluding carboxylic acids is 2. The Bertz CT molecular complexity index is 638. The first-order valence-electron chi connectivity index (χ1n) is 9.88. The van der Waals surface area contributed by atoms with E-state index < -0.39 is 6.10 Å². The van der Waals surface area contributed by atoms with Crippen molar-refractivity contribution in [3.8, 4) is 0 Å². The number of fused-ring (bicyclic) bond motifs is 5. The van der Waals surface area contributed by atoms with Crippen LogP contribution in [0.25, 0.3) is 0 Å². The quantitative estimate of drug-likeness (QED) is 0.806. The normalized spacial score (nSPS) is 49.0. The van der Waals surface area contributed by atoms with E-state index in [1.807, 2.05) is 6.08 Å². The van der Waals surface area contributed by atoms with Crippen molar-refractivity contribution in [3.05, 3.63) is 11.6 Å². The topological polar surface area (TPSA) is 74.6 Å². The largest absolute Gasteiger partial charge is 0.392 e. The summed E-state index contributed by atoms with van der Waals surface area (Å²) in [4.78, 5) is 24.2. The van der Waals surface area contributed by atoms with Crippen LogP contribution in [-0.4, -0.2) is 34.5 Å². The molecule has 0 aromatic heterocycles. The fourth-order valence-corrected chi connectivity index (χ4v) is 7.25. The molecule has 25 heavy (non-hydrogen) atoms. The molecule has 4 aliphatic rings. The van der Waals surface area contributed by atoms with Crippen molar-refractivity contribution >= 4 is 11.6 Å². The lowest BCUT2D eigenvalue weighted by Gasteiger charge is -2.59. The summed E-state index contributed by atoms with van der Waals surface area (Å²) in [6.07, 6.45) is 7.37. The van der Waals surface area contributed by atoms with Crippen molar-refractivity contribution in [2.45, 2.75) is 64.9 Å². The molecule has 4 aliphatic carbocycles. The number of hydrogen-bond acceptors (Lipinski definition) is 4. The number of aliphatic hydroxyl groups is 2. The van der Waals surface area contributed by atoms with E-state index in [0.717, 1.165) is 44.1 Å². The smallest absolute Gasteiger partial charge is 0.161 e. The van der Waals surface area contributed by atoms with Crippen LogP contribution in [0.15, 0.2) is 11.6 Å². The number of carbonyl (C=O) groups is 2. The predicted octanol–water partition coefficient (Wildman–Crippen LogP) is 2.67. The van der Waals surface area contributed by atoms with E-state index >= 15 is 0 Å². The van der Waals surface area contributed by atoms with Crippen molar-refractivity contribution in [2.75, 3.05) is 6.61 Å². The minimum Gasteiger partial charge on any atom is -0.392 e. The maximum Gasteiger partial charge on any atom is 0.161 e. The number of aliphatic hydroxyl groups excluding tert-OH is 2. The van der Waals surface area contributed by atoms with Gasteiger partial charge in [0.1, 0.15) is 6.61 Å². The van der Waals surface area contributed by atoms with Gasteiger partial charge in [-0.15, -0.1) is 0 Å². The van der Waals surface area contributed by atoms with E-state index in [2.05, 4.69) is 13.8 Å². The maximum absolute atomic E-state index is 12.3. The van der Waals surface area contributed by atoms with Crippen molar-refractivity contribution < 1.29 is 19.8 Å². The summed E-state index contributed by atoms with van der Waals surface area (Å²) in [5.41, 5.74) is 0.868. The molecule has 0 aromatic rings. The third kappa shape index (κ3) is 2.26. The molecule has 0 amide bonds. The molecule has 7 unspecified atom stereocenters. The Hall–Kier alpha value is -1.00. The van der Waals surface area contributed by atoms with Crippen LogP contribution in [0.2, 0.25) is 0 Å². The summed E-state index contributed by atoms with van der Waals surface area (Å²) >= 11 is 0. The minimum absolute atomic E-state index is 0.00596. The number of rotatable bonds is 2. The standard InChI is InChI=1S/C21H30O4/c1-20-8-7-16-14(15(20)5-6-17(20)18(24)11-22)4-3-12-9-13(23)10-19(25)21(12,16)2/h9,14-17,19,22,25H,3-8,10-11H2,1-2H3. The van der Waals surface area contributed by atoms with E-state index in [9.17, 15) is 19.8 Å². The summed E-state index contributed by atoms with van der Waals surface area (Å²) in [5.74, 6) is 1.47. The molecule has 4 rings (SSSR count). The van der Waals surface area contributed by atoms with Crippen LogP contribution in [-0.2, 0) is 9.59 Å². The first-order valence-corrected chi connectivity index (χ1v) is 9.88. The van der Waals surface area contributed by atoms with Crippen LogP contribution in [0.1, 0.15) is 58.8 Å². The molecule has 0 heterocycles. The molecule has 4 heteroatoms. The second kappa shape index (κ2) is 5.75. The second-order valence-electron chi connectivity index (χ2n) is 9.35. The zero-order chi connectivity index (χ0) is 18.0. The lowest BCUT2D eigenvalue weighted by atomic mass is 9.46. The summed E-state index contributed by atoms with van der Waals surface area (Å²) in [5, 5.41) is 20.2. The highest BCUT2D eigenvalue weighted by Crippen LogP contribution is 2.66. The molecule has 138 valence electrons. The van der Waals surface area contributed by atoms with Crippen molar-refractivity contribution in [1.29, 1.82) is 0 Å². The first kappa shape index (κ1) is 17.4. The van der Waals surface area contributed by atoms with Crippen LogP contribution in [0.5, 0.6) is 0 Å². The van der Waals surface area contributed by atoms with Gasteiger partial charge in [0.25, 0.3) is 0 Å². The number of Topliss-reactive ketones (excluding diaryl/α,β-unsaturated/α-hetero) is 1. The fraction of sp³-hybridized carbons (Fsp3) is 0.810. The van der Waals surface area contributed by atoms with E-state index in [-0.39, 0.29) is 41.3 Å². The van der Waals surface area contributed by atoms with Gasteiger partial charge in [-0.2, -0.15) is 0 Å². The Balaban J connectivity index is 1.67. The van der Waals surface area contributed by atoms with Crippen LogP contribution in [0, 0.1) is 34.5 Å². The molecule has 3 fully saturated rings. The summed E-state index contributed by atoms with van der Waals surface area (Å²) in [6.45, 7) is 4.08. The van der Waals surface area contributed by atoms with Gasteiger partial charge < -0.3 is 10.2 Å². The number of ketones is 2. The maximum atomic E-state index is 12.3. The Morgan fingerprint density at radius 3 is 2.68 bits per heavy atom. The molecule has 0 aliphatic heterocycles. The zero-order valence-corrected chi connectivity index (χ0v) is 15.3. The highest BCUT2D eigenvalue weighted by molar-refractivity contribution is 5.92. The predicted molar refractivity (Wildman–Crippen MR) is 93.7 cm³/mol. The molecule has 0 aromatic carbocycles. The van der Waals surface area contributed by atoms with Crippen molar-refractivity contribution in [1.82, 2.24) is 0 Å². The summed E-state index contributed by atoms with van der Waals surface area (Å²) in [6, 6.07) is 0. The zero-order valence-electron chi connectivity index (χ0n) is 15.3. The highest BCUT2D eigenvalue weighted by Gasteiger charge is 2.61. The monoisotopic (exact) mass is 346 g/mol. The van der Waals surface area contributed by atoms with E-state index in [1.165, 1.54) is 0 Å². The van der Waals surface area contributed by atoms with Gasteiger partial charge in [-0.05, 0) is 67.8 Å². The Morgan fingerprint density at radius 1 is 1.20 bits per heavy atom. The van der Waals surface area contributed by atoms with Crippen molar-refractivity contribution in [2.24, 2.45) is 34.5 Å². The Kier molecular flexibility index (Phi) is 4.01. The van der Waals surface area contributed by atoms with Crippen molar-refractivity contribution in [3.63, 3.8) is 0 Å².